The predicted molar refractivity (Wildman–Crippen MR) is 156 cm³/mol. The quantitative estimate of drug-likeness (QED) is 0.355. The number of piperazine rings is 1. The number of fused-ring (bicyclic) bond motifs is 4. The zero-order valence-electron chi connectivity index (χ0n) is 22.0. The Kier molecular flexibility index (Phi) is 6.99. The van der Waals surface area contributed by atoms with E-state index in [-0.39, 0.29) is 0 Å². The number of rotatable bonds is 7. The summed E-state index contributed by atoms with van der Waals surface area (Å²) < 4.78 is 1.42. The molecule has 2 aromatic carbocycles. The summed E-state index contributed by atoms with van der Waals surface area (Å²) in [5, 5.41) is 12.6. The zero-order valence-corrected chi connectivity index (χ0v) is 22.8. The van der Waals surface area contributed by atoms with Gasteiger partial charge in [0.1, 0.15) is 0 Å². The molecule has 38 heavy (non-hydrogen) atoms. The number of benzene rings is 2. The Balaban J connectivity index is 1.10. The lowest BCUT2D eigenvalue weighted by molar-refractivity contribution is 0.146. The Morgan fingerprint density at radius 1 is 1.11 bits per heavy atom. The second-order valence-electron chi connectivity index (χ2n) is 10.5. The van der Waals surface area contributed by atoms with Crippen LogP contribution >= 0.6 is 11.3 Å². The van der Waals surface area contributed by atoms with Gasteiger partial charge in [0.05, 0.1) is 16.7 Å². The van der Waals surface area contributed by atoms with Crippen LogP contribution in [0.4, 0.5) is 15.6 Å². The lowest BCUT2D eigenvalue weighted by Gasteiger charge is -2.39. The van der Waals surface area contributed by atoms with Gasteiger partial charge in [-0.3, -0.25) is 9.80 Å². The first kappa shape index (κ1) is 25.2. The topological polar surface area (TPSA) is 90.9 Å². The van der Waals surface area contributed by atoms with Crippen LogP contribution in [0.5, 0.6) is 0 Å². The van der Waals surface area contributed by atoms with E-state index >= 15 is 0 Å². The van der Waals surface area contributed by atoms with E-state index in [2.05, 4.69) is 38.7 Å². The van der Waals surface area contributed by atoms with E-state index in [0.717, 1.165) is 92.6 Å². The number of aryl methyl sites for hydroxylation is 1. The van der Waals surface area contributed by atoms with Gasteiger partial charge in [-0.25, -0.2) is 14.3 Å². The van der Waals surface area contributed by atoms with Gasteiger partial charge in [-0.1, -0.05) is 31.2 Å². The molecule has 1 unspecified atom stereocenters. The summed E-state index contributed by atoms with van der Waals surface area (Å²) in [6.07, 6.45) is 3.50. The van der Waals surface area contributed by atoms with Crippen molar-refractivity contribution in [3.8, 4) is 0 Å². The summed E-state index contributed by atoms with van der Waals surface area (Å²) in [5.74, 6) is 0. The van der Waals surface area contributed by atoms with Crippen LogP contribution in [0.15, 0.2) is 42.5 Å². The minimum atomic E-state index is -0.942. The Labute approximate surface area is 227 Å². The molecule has 6 rings (SSSR count). The maximum atomic E-state index is 12.1. The molecule has 1 atom stereocenters. The number of para-hydroxylation sites is 1. The molecule has 1 fully saturated rings. The zero-order chi connectivity index (χ0) is 26.2. The molecular formula is C29H36N6O2S. The molecule has 1 aliphatic heterocycles. The number of hydrogen-bond acceptors (Lipinski definition) is 7. The fourth-order valence-corrected chi connectivity index (χ4v) is 7.26. The van der Waals surface area contributed by atoms with E-state index in [0.29, 0.717) is 11.2 Å². The normalized spacial score (nSPS) is 18.5. The first-order chi connectivity index (χ1) is 18.5. The first-order valence-corrected chi connectivity index (χ1v) is 14.6. The van der Waals surface area contributed by atoms with Gasteiger partial charge in [0, 0.05) is 66.6 Å². The molecule has 3 heterocycles. The highest BCUT2D eigenvalue weighted by Crippen LogP contribution is 2.33. The largest absolute Gasteiger partial charge is 0.464 e. The van der Waals surface area contributed by atoms with Gasteiger partial charge in [-0.2, -0.15) is 0 Å². The molecule has 2 aromatic heterocycles. The number of nitrogens with two attached hydrogens (primary N) is 1. The van der Waals surface area contributed by atoms with E-state index < -0.39 is 6.09 Å². The van der Waals surface area contributed by atoms with E-state index in [4.69, 9.17) is 5.73 Å². The Hall–Kier alpha value is -3.14. The van der Waals surface area contributed by atoms with Crippen molar-refractivity contribution in [1.29, 1.82) is 0 Å². The minimum absolute atomic E-state index is 0.580. The van der Waals surface area contributed by atoms with Crippen LogP contribution in [0.25, 0.3) is 21.8 Å². The molecule has 200 valence electrons. The van der Waals surface area contributed by atoms with Crippen molar-refractivity contribution in [3.63, 3.8) is 0 Å². The molecule has 0 saturated carbocycles. The van der Waals surface area contributed by atoms with Crippen LogP contribution in [0.3, 0.4) is 0 Å². The van der Waals surface area contributed by atoms with Crippen molar-refractivity contribution < 1.29 is 9.90 Å². The fourth-order valence-electron chi connectivity index (χ4n) is 6.31. The van der Waals surface area contributed by atoms with E-state index in [9.17, 15) is 9.90 Å². The van der Waals surface area contributed by atoms with E-state index in [1.165, 1.54) is 21.6 Å². The molecule has 1 aliphatic carbocycles. The molecule has 1 saturated heterocycles. The van der Waals surface area contributed by atoms with Gasteiger partial charge >= 0.3 is 6.09 Å². The van der Waals surface area contributed by atoms with Gasteiger partial charge in [-0.05, 0) is 50.4 Å². The number of nitrogens with zero attached hydrogens (tertiary/aromatic N) is 5. The van der Waals surface area contributed by atoms with Crippen molar-refractivity contribution in [3.05, 3.63) is 53.0 Å². The standard InChI is InChI=1S/C29H36N6O2S/c1-2-11-33(21-8-10-24-27(19-21)38-28(30)31-24)15-12-32-13-16-34(17-14-32)20-7-9-23-22-5-3-4-6-25(22)35(29(36)37)26(23)18-20/h3-7,9,18,21H,2,8,10-17,19H2,1H3,(H2,30,31)(H,36,37). The maximum absolute atomic E-state index is 12.1. The highest BCUT2D eigenvalue weighted by molar-refractivity contribution is 7.15. The van der Waals surface area contributed by atoms with Crippen LogP contribution in [0.2, 0.25) is 0 Å². The Bertz CT molecular complexity index is 1450. The Morgan fingerprint density at radius 3 is 2.68 bits per heavy atom. The van der Waals surface area contributed by atoms with Gasteiger partial charge in [0.25, 0.3) is 0 Å². The van der Waals surface area contributed by atoms with Crippen LogP contribution in [0.1, 0.15) is 30.3 Å². The van der Waals surface area contributed by atoms with Gasteiger partial charge < -0.3 is 15.7 Å². The van der Waals surface area contributed by atoms with E-state index in [1.807, 2.05) is 30.3 Å². The molecule has 0 spiro atoms. The van der Waals surface area contributed by atoms with Gasteiger partial charge in [0.2, 0.25) is 0 Å². The SMILES string of the molecule is CCCN(CCN1CCN(c2ccc3c4ccccc4n(C(=O)O)c3c2)CC1)C1CCc2nc(N)sc2C1. The molecule has 0 bridgehead atoms. The third-order valence-electron chi connectivity index (χ3n) is 8.25. The molecule has 4 aromatic rings. The second kappa shape index (κ2) is 10.6. The lowest BCUT2D eigenvalue weighted by atomic mass is 9.96. The molecule has 2 aliphatic rings. The van der Waals surface area contributed by atoms with Crippen LogP contribution < -0.4 is 10.6 Å². The summed E-state index contributed by atoms with van der Waals surface area (Å²) in [7, 11) is 0. The first-order valence-electron chi connectivity index (χ1n) is 13.7. The molecule has 9 heteroatoms. The average Bonchev–Trinajstić information content (AvgIpc) is 3.47. The maximum Gasteiger partial charge on any atom is 0.416 e. The third-order valence-corrected chi connectivity index (χ3v) is 9.20. The van der Waals surface area contributed by atoms with Crippen LogP contribution in [-0.4, -0.2) is 82.4 Å². The number of thiazole rings is 1. The van der Waals surface area contributed by atoms with Crippen LogP contribution in [-0.2, 0) is 12.8 Å². The molecule has 0 amide bonds. The molecule has 0 radical (unpaired) electrons. The number of anilines is 2. The minimum Gasteiger partial charge on any atom is -0.464 e. The van der Waals surface area contributed by atoms with Gasteiger partial charge in [0.15, 0.2) is 5.13 Å². The second-order valence-corrected chi connectivity index (χ2v) is 11.6. The summed E-state index contributed by atoms with van der Waals surface area (Å²) in [6.45, 7) is 9.48. The smallest absolute Gasteiger partial charge is 0.416 e. The summed E-state index contributed by atoms with van der Waals surface area (Å²) >= 11 is 1.67. The number of hydrogen-bond donors (Lipinski definition) is 2. The van der Waals surface area contributed by atoms with Crippen molar-refractivity contribution in [2.75, 3.05) is 56.4 Å². The van der Waals surface area contributed by atoms with Gasteiger partial charge in [-0.15, -0.1) is 11.3 Å². The predicted octanol–water partition coefficient (Wildman–Crippen LogP) is 4.75. The summed E-state index contributed by atoms with van der Waals surface area (Å²) in [6, 6.07) is 14.6. The highest BCUT2D eigenvalue weighted by atomic mass is 32.1. The highest BCUT2D eigenvalue weighted by Gasteiger charge is 2.27. The molecular weight excluding hydrogens is 496 g/mol. The Morgan fingerprint density at radius 2 is 1.89 bits per heavy atom. The number of carboxylic acid groups (broad SMARTS) is 1. The van der Waals surface area contributed by atoms with Crippen molar-refractivity contribution in [1.82, 2.24) is 19.4 Å². The van der Waals surface area contributed by atoms with Crippen molar-refractivity contribution >= 4 is 50.1 Å². The summed E-state index contributed by atoms with van der Waals surface area (Å²) in [4.78, 5) is 25.6. The lowest BCUT2D eigenvalue weighted by Crippen LogP contribution is -2.50. The van der Waals surface area contributed by atoms with Crippen molar-refractivity contribution in [2.45, 2.75) is 38.6 Å². The monoisotopic (exact) mass is 532 g/mol. The molecule has 3 N–H and O–H groups in total. The fraction of sp³-hybridized carbons (Fsp3) is 0.448. The third kappa shape index (κ3) is 4.74. The number of nitrogen functional groups attached to an aromatic ring is 1. The summed E-state index contributed by atoms with van der Waals surface area (Å²) in [5.41, 5.74) is 9.78. The average molecular weight is 533 g/mol. The number of aromatic nitrogens is 2. The van der Waals surface area contributed by atoms with Crippen molar-refractivity contribution in [2.24, 2.45) is 0 Å². The van der Waals surface area contributed by atoms with Crippen LogP contribution in [0, 0.1) is 0 Å². The number of carbonyl (C=O) groups is 1. The molecule has 8 nitrogen and oxygen atoms in total. The van der Waals surface area contributed by atoms with E-state index in [1.54, 1.807) is 11.3 Å².